The van der Waals surface area contributed by atoms with Crippen LogP contribution in [-0.2, 0) is 19.1 Å². The molecule has 6 nitrogen and oxygen atoms in total. The molecule has 0 aromatic heterocycles. The third-order valence-corrected chi connectivity index (χ3v) is 1.54. The summed E-state index contributed by atoms with van der Waals surface area (Å²) in [6, 6.07) is 0. The van der Waals surface area contributed by atoms with E-state index in [-0.39, 0.29) is 0 Å². The Morgan fingerprint density at radius 1 is 0.800 bits per heavy atom. The topological polar surface area (TPSA) is 93.1 Å². The second-order valence-corrected chi connectivity index (χ2v) is 3.34. The molecule has 0 saturated carbocycles. The van der Waals surface area contributed by atoms with Crippen molar-refractivity contribution in [2.45, 2.75) is 24.6 Å². The van der Waals surface area contributed by atoms with E-state index < -0.39 is 49.7 Å². The average Bonchev–Trinajstić information content (AvgIpc) is 2.29. The molecular weight excluding hydrogens is 306 g/mol. The van der Waals surface area contributed by atoms with Crippen LogP contribution in [0.3, 0.4) is 0 Å². The normalized spacial score (nSPS) is 15.4. The van der Waals surface area contributed by atoms with Crippen molar-refractivity contribution in [1.29, 1.82) is 0 Å². The second-order valence-electron chi connectivity index (χ2n) is 3.34. The molecule has 0 fully saturated rings. The fourth-order valence-corrected chi connectivity index (χ4v) is 0.734. The first-order valence-corrected chi connectivity index (χ1v) is 4.66. The summed E-state index contributed by atoms with van der Waals surface area (Å²) in [7, 11) is 0. The summed E-state index contributed by atoms with van der Waals surface area (Å²) < 4.78 is 76.9. The van der Waals surface area contributed by atoms with Gasteiger partial charge in [-0.3, -0.25) is 0 Å². The molecule has 0 radical (unpaired) electrons. The molecule has 20 heavy (non-hydrogen) atoms. The lowest BCUT2D eigenvalue weighted by molar-refractivity contribution is -0.204. The van der Waals surface area contributed by atoms with E-state index in [0.29, 0.717) is 0 Å². The number of hydrogen-bond donors (Lipinski definition) is 2. The van der Waals surface area contributed by atoms with E-state index in [9.17, 15) is 35.9 Å². The van der Waals surface area contributed by atoms with E-state index in [1.54, 1.807) is 0 Å². The molecule has 0 saturated heterocycles. The fourth-order valence-electron chi connectivity index (χ4n) is 0.734. The SMILES string of the molecule is O=C(OCC(F)(F)F)[C@H](O)[C@@H](O)C(=O)OCC(F)(F)F. The number of halogens is 6. The molecule has 2 N–H and O–H groups in total. The van der Waals surface area contributed by atoms with E-state index in [4.69, 9.17) is 10.2 Å². The van der Waals surface area contributed by atoms with Crippen LogP contribution in [0, 0.1) is 0 Å². The van der Waals surface area contributed by atoms with Crippen LogP contribution in [0.1, 0.15) is 0 Å². The van der Waals surface area contributed by atoms with Crippen molar-refractivity contribution >= 4 is 11.9 Å². The number of alkyl halides is 6. The van der Waals surface area contributed by atoms with Gasteiger partial charge in [0, 0.05) is 0 Å². The fraction of sp³-hybridized carbons (Fsp3) is 0.750. The number of carbonyl (C=O) groups excluding carboxylic acids is 2. The van der Waals surface area contributed by atoms with Gasteiger partial charge in [-0.2, -0.15) is 26.3 Å². The Kier molecular flexibility index (Phi) is 6.22. The van der Waals surface area contributed by atoms with E-state index in [2.05, 4.69) is 9.47 Å². The lowest BCUT2D eigenvalue weighted by Gasteiger charge is -2.16. The number of ether oxygens (including phenoxy) is 2. The minimum Gasteiger partial charge on any atom is -0.454 e. The van der Waals surface area contributed by atoms with Gasteiger partial charge >= 0.3 is 24.3 Å². The quantitative estimate of drug-likeness (QED) is 0.545. The lowest BCUT2D eigenvalue weighted by atomic mass is 10.2. The Hall–Kier alpha value is -1.56. The first-order valence-electron chi connectivity index (χ1n) is 4.66. The maximum Gasteiger partial charge on any atom is 0.422 e. The predicted molar refractivity (Wildman–Crippen MR) is 46.0 cm³/mol. The lowest BCUT2D eigenvalue weighted by Crippen LogP contribution is -2.43. The van der Waals surface area contributed by atoms with E-state index in [0.717, 1.165) is 0 Å². The zero-order chi connectivity index (χ0) is 16.1. The molecule has 0 bridgehead atoms. The predicted octanol–water partition coefficient (Wildman–Crippen LogP) is -0.0808. The smallest absolute Gasteiger partial charge is 0.422 e. The van der Waals surface area contributed by atoms with Crippen molar-refractivity contribution in [3.05, 3.63) is 0 Å². The summed E-state index contributed by atoms with van der Waals surface area (Å²) in [6.45, 7) is -4.21. The molecule has 0 unspecified atom stereocenters. The Balaban J connectivity index is 4.35. The van der Waals surface area contributed by atoms with Crippen molar-refractivity contribution in [3.8, 4) is 0 Å². The van der Waals surface area contributed by atoms with Crippen LogP contribution in [0.15, 0.2) is 0 Å². The molecule has 0 aliphatic heterocycles. The van der Waals surface area contributed by atoms with Gasteiger partial charge < -0.3 is 19.7 Å². The number of hydrogen-bond acceptors (Lipinski definition) is 6. The first-order chi connectivity index (χ1) is 8.83. The van der Waals surface area contributed by atoms with Gasteiger partial charge in [0.15, 0.2) is 25.4 Å². The maximum absolute atomic E-state index is 11.7. The summed E-state index contributed by atoms with van der Waals surface area (Å²) in [5.41, 5.74) is 0. The van der Waals surface area contributed by atoms with Crippen LogP contribution in [-0.4, -0.2) is 59.9 Å². The van der Waals surface area contributed by atoms with Crippen LogP contribution in [0.25, 0.3) is 0 Å². The van der Waals surface area contributed by atoms with Gasteiger partial charge in [-0.05, 0) is 0 Å². The Labute approximate surface area is 106 Å². The van der Waals surface area contributed by atoms with Gasteiger partial charge in [-0.1, -0.05) is 0 Å². The third-order valence-electron chi connectivity index (χ3n) is 1.54. The van der Waals surface area contributed by atoms with Crippen LogP contribution < -0.4 is 0 Å². The minimum absolute atomic E-state index is 2.04. The molecule has 0 aliphatic rings. The number of carbonyl (C=O) groups is 2. The highest BCUT2D eigenvalue weighted by atomic mass is 19.4. The van der Waals surface area contributed by atoms with E-state index in [1.165, 1.54) is 0 Å². The molecule has 0 heterocycles. The van der Waals surface area contributed by atoms with Gasteiger partial charge in [0.25, 0.3) is 0 Å². The highest BCUT2D eigenvalue weighted by molar-refractivity contribution is 5.85. The molecule has 0 aromatic carbocycles. The summed E-state index contributed by atoms with van der Waals surface area (Å²) in [5, 5.41) is 17.8. The number of esters is 2. The van der Waals surface area contributed by atoms with Crippen LogP contribution in [0.5, 0.6) is 0 Å². The van der Waals surface area contributed by atoms with Gasteiger partial charge in [0.1, 0.15) is 0 Å². The minimum atomic E-state index is -4.92. The monoisotopic (exact) mass is 314 g/mol. The first kappa shape index (κ1) is 18.4. The standard InChI is InChI=1S/C8H8F6O6/c9-7(10,11)1-19-5(17)3(15)4(16)6(18)20-2-8(12,13)14/h3-4,15-16H,1-2H2/t3-,4-/m1/s1. The average molecular weight is 314 g/mol. The van der Waals surface area contributed by atoms with E-state index >= 15 is 0 Å². The Bertz CT molecular complexity index is 316. The Morgan fingerprint density at radius 3 is 1.25 bits per heavy atom. The summed E-state index contributed by atoms with van der Waals surface area (Å²) in [5.74, 6) is -4.09. The van der Waals surface area contributed by atoms with Crippen LogP contribution in [0.4, 0.5) is 26.3 Å². The second kappa shape index (κ2) is 6.74. The molecule has 0 aliphatic carbocycles. The highest BCUT2D eigenvalue weighted by Gasteiger charge is 2.38. The van der Waals surface area contributed by atoms with Gasteiger partial charge in [-0.25, -0.2) is 9.59 Å². The van der Waals surface area contributed by atoms with Gasteiger partial charge in [0.05, 0.1) is 0 Å². The molecule has 12 heteroatoms. The van der Waals surface area contributed by atoms with Crippen LogP contribution in [0.2, 0.25) is 0 Å². The highest BCUT2D eigenvalue weighted by Crippen LogP contribution is 2.16. The molecule has 0 spiro atoms. The molecule has 0 rings (SSSR count). The Morgan fingerprint density at radius 2 is 1.05 bits per heavy atom. The third kappa shape index (κ3) is 7.78. The van der Waals surface area contributed by atoms with Crippen molar-refractivity contribution in [2.75, 3.05) is 13.2 Å². The number of rotatable bonds is 5. The van der Waals surface area contributed by atoms with E-state index in [1.807, 2.05) is 0 Å². The zero-order valence-electron chi connectivity index (χ0n) is 9.36. The molecular formula is C8H8F6O6. The van der Waals surface area contributed by atoms with Gasteiger partial charge in [0.2, 0.25) is 0 Å². The van der Waals surface area contributed by atoms with Crippen molar-refractivity contribution in [1.82, 2.24) is 0 Å². The molecule has 118 valence electrons. The van der Waals surface area contributed by atoms with Gasteiger partial charge in [-0.15, -0.1) is 0 Å². The van der Waals surface area contributed by atoms with Crippen molar-refractivity contribution < 1.29 is 55.6 Å². The summed E-state index contributed by atoms with van der Waals surface area (Å²) >= 11 is 0. The number of aliphatic hydroxyl groups excluding tert-OH is 2. The molecule has 2 atom stereocenters. The maximum atomic E-state index is 11.7. The van der Waals surface area contributed by atoms with Crippen molar-refractivity contribution in [2.24, 2.45) is 0 Å². The zero-order valence-corrected chi connectivity index (χ0v) is 9.36. The van der Waals surface area contributed by atoms with Crippen LogP contribution >= 0.6 is 0 Å². The summed E-state index contributed by atoms with van der Waals surface area (Å²) in [4.78, 5) is 21.5. The number of aliphatic hydroxyl groups is 2. The molecule has 0 amide bonds. The van der Waals surface area contributed by atoms with Crippen molar-refractivity contribution in [3.63, 3.8) is 0 Å². The largest absolute Gasteiger partial charge is 0.454 e. The molecule has 0 aromatic rings. The summed E-state index contributed by atoms with van der Waals surface area (Å²) in [6.07, 6.45) is -15.5.